The molecule has 2 aromatic carbocycles. The van der Waals surface area contributed by atoms with E-state index in [1.54, 1.807) is 30.3 Å². The largest absolute Gasteiger partial charge is 0.495 e. The van der Waals surface area contributed by atoms with Gasteiger partial charge in [-0.3, -0.25) is 4.72 Å². The standard InChI is InChI=1S/C14H14ClNO4S/c1-20-13-7-2-10(9-17)8-14(13)21(18,19)16-12-5-3-11(15)4-6-12/h2-8,16-17H,9H2,1H3. The van der Waals surface area contributed by atoms with Crippen LogP contribution in [0.5, 0.6) is 5.75 Å². The van der Waals surface area contributed by atoms with Gasteiger partial charge in [-0.25, -0.2) is 8.42 Å². The fraction of sp³-hybridized carbons (Fsp3) is 0.143. The summed E-state index contributed by atoms with van der Waals surface area (Å²) in [5, 5.41) is 9.65. The van der Waals surface area contributed by atoms with Gasteiger partial charge in [0.2, 0.25) is 0 Å². The zero-order valence-corrected chi connectivity index (χ0v) is 12.8. The molecule has 0 bridgehead atoms. The first kappa shape index (κ1) is 15.6. The van der Waals surface area contributed by atoms with E-state index in [4.69, 9.17) is 21.4 Å². The topological polar surface area (TPSA) is 75.6 Å². The normalized spacial score (nSPS) is 11.2. The van der Waals surface area contributed by atoms with Gasteiger partial charge < -0.3 is 9.84 Å². The van der Waals surface area contributed by atoms with Gasteiger partial charge in [-0.1, -0.05) is 17.7 Å². The number of halogens is 1. The molecule has 21 heavy (non-hydrogen) atoms. The smallest absolute Gasteiger partial charge is 0.265 e. The molecule has 0 unspecified atom stereocenters. The molecule has 0 saturated carbocycles. The van der Waals surface area contributed by atoms with Gasteiger partial charge in [0.25, 0.3) is 10.0 Å². The third kappa shape index (κ3) is 3.66. The van der Waals surface area contributed by atoms with Gasteiger partial charge in [0.05, 0.1) is 13.7 Å². The maximum atomic E-state index is 12.4. The highest BCUT2D eigenvalue weighted by atomic mass is 35.5. The van der Waals surface area contributed by atoms with E-state index in [9.17, 15) is 8.42 Å². The molecule has 0 heterocycles. The van der Waals surface area contributed by atoms with E-state index in [1.165, 1.54) is 19.2 Å². The summed E-state index contributed by atoms with van der Waals surface area (Å²) in [6.45, 7) is -0.256. The Labute approximate surface area is 128 Å². The molecule has 112 valence electrons. The highest BCUT2D eigenvalue weighted by Gasteiger charge is 2.20. The van der Waals surface area contributed by atoms with Crippen LogP contribution in [0.15, 0.2) is 47.4 Å². The summed E-state index contributed by atoms with van der Waals surface area (Å²) in [7, 11) is -2.45. The van der Waals surface area contributed by atoms with Gasteiger partial charge in [-0.2, -0.15) is 0 Å². The van der Waals surface area contributed by atoms with Crippen molar-refractivity contribution in [3.63, 3.8) is 0 Å². The summed E-state index contributed by atoms with van der Waals surface area (Å²) in [4.78, 5) is -0.0356. The number of methoxy groups -OCH3 is 1. The molecule has 0 amide bonds. The van der Waals surface area contributed by atoms with E-state index < -0.39 is 10.0 Å². The molecule has 0 radical (unpaired) electrons. The van der Waals surface area contributed by atoms with Crippen LogP contribution in [0.4, 0.5) is 5.69 Å². The quantitative estimate of drug-likeness (QED) is 0.885. The number of nitrogens with one attached hydrogen (secondary N) is 1. The van der Waals surface area contributed by atoms with Crippen LogP contribution in [0.1, 0.15) is 5.56 Å². The first-order valence-electron chi connectivity index (χ1n) is 6.02. The molecule has 0 aromatic heterocycles. The van der Waals surface area contributed by atoms with E-state index >= 15 is 0 Å². The molecular formula is C14H14ClNO4S. The van der Waals surface area contributed by atoms with Crippen molar-refractivity contribution in [3.8, 4) is 5.75 Å². The fourth-order valence-electron chi connectivity index (χ4n) is 1.76. The Hall–Kier alpha value is -1.76. The Kier molecular flexibility index (Phi) is 4.72. The number of aliphatic hydroxyl groups excluding tert-OH is 1. The lowest BCUT2D eigenvalue weighted by atomic mass is 10.2. The van der Waals surface area contributed by atoms with Crippen molar-refractivity contribution in [3.05, 3.63) is 53.1 Å². The zero-order chi connectivity index (χ0) is 15.5. The molecule has 7 heteroatoms. The number of anilines is 1. The summed E-state index contributed by atoms with van der Waals surface area (Å²) in [5.41, 5.74) is 0.864. The summed E-state index contributed by atoms with van der Waals surface area (Å²) in [6, 6.07) is 10.8. The molecule has 0 aliphatic carbocycles. The number of aliphatic hydroxyl groups is 1. The van der Waals surface area contributed by atoms with Crippen LogP contribution < -0.4 is 9.46 Å². The number of sulfonamides is 1. The number of rotatable bonds is 5. The molecule has 0 saturated heterocycles. The average molecular weight is 328 g/mol. The van der Waals surface area contributed by atoms with Crippen LogP contribution in [0.25, 0.3) is 0 Å². The van der Waals surface area contributed by atoms with Gasteiger partial charge in [-0.05, 0) is 42.0 Å². The number of benzene rings is 2. The molecule has 5 nitrogen and oxygen atoms in total. The predicted octanol–water partition coefficient (Wildman–Crippen LogP) is 2.64. The highest BCUT2D eigenvalue weighted by Crippen LogP contribution is 2.27. The summed E-state index contributed by atoms with van der Waals surface area (Å²) < 4.78 is 32.4. The molecule has 0 aliphatic heterocycles. The van der Waals surface area contributed by atoms with Crippen molar-refractivity contribution in [2.45, 2.75) is 11.5 Å². The lowest BCUT2D eigenvalue weighted by molar-refractivity contribution is 0.281. The molecule has 2 rings (SSSR count). The monoisotopic (exact) mass is 327 g/mol. The second-order valence-corrected chi connectivity index (χ2v) is 6.34. The van der Waals surface area contributed by atoms with Gasteiger partial charge >= 0.3 is 0 Å². The second kappa shape index (κ2) is 6.34. The van der Waals surface area contributed by atoms with Crippen LogP contribution in [0, 0.1) is 0 Å². The van der Waals surface area contributed by atoms with Crippen molar-refractivity contribution in [1.82, 2.24) is 0 Å². The third-order valence-corrected chi connectivity index (χ3v) is 4.45. The van der Waals surface area contributed by atoms with E-state index in [0.29, 0.717) is 16.3 Å². The molecule has 0 fully saturated rings. The van der Waals surface area contributed by atoms with Crippen LogP contribution in [0.3, 0.4) is 0 Å². The van der Waals surface area contributed by atoms with Crippen LogP contribution in [-0.4, -0.2) is 20.6 Å². The Morgan fingerprint density at radius 3 is 2.43 bits per heavy atom. The minimum Gasteiger partial charge on any atom is -0.495 e. The van der Waals surface area contributed by atoms with Gasteiger partial charge in [0.1, 0.15) is 10.6 Å². The first-order chi connectivity index (χ1) is 9.96. The van der Waals surface area contributed by atoms with Gasteiger partial charge in [0, 0.05) is 10.7 Å². The minimum atomic E-state index is -3.83. The van der Waals surface area contributed by atoms with Crippen molar-refractivity contribution in [1.29, 1.82) is 0 Å². The van der Waals surface area contributed by atoms with Crippen molar-refractivity contribution >= 4 is 27.3 Å². The Balaban J connectivity index is 2.41. The molecule has 0 spiro atoms. The average Bonchev–Trinajstić information content (AvgIpc) is 2.48. The maximum Gasteiger partial charge on any atom is 0.265 e. The van der Waals surface area contributed by atoms with Gasteiger partial charge in [-0.15, -0.1) is 0 Å². The summed E-state index contributed by atoms with van der Waals surface area (Å²) in [5.74, 6) is 0.202. The summed E-state index contributed by atoms with van der Waals surface area (Å²) >= 11 is 5.76. The Morgan fingerprint density at radius 1 is 1.19 bits per heavy atom. The first-order valence-corrected chi connectivity index (χ1v) is 7.88. The van der Waals surface area contributed by atoms with Crippen molar-refractivity contribution in [2.24, 2.45) is 0 Å². The highest BCUT2D eigenvalue weighted by molar-refractivity contribution is 7.92. The minimum absolute atomic E-state index is 0.0356. The van der Waals surface area contributed by atoms with Crippen LogP contribution in [0.2, 0.25) is 5.02 Å². The van der Waals surface area contributed by atoms with Gasteiger partial charge in [0.15, 0.2) is 0 Å². The van der Waals surface area contributed by atoms with E-state index in [2.05, 4.69) is 4.72 Å². The van der Waals surface area contributed by atoms with E-state index in [1.807, 2.05) is 0 Å². The SMILES string of the molecule is COc1ccc(CO)cc1S(=O)(=O)Nc1ccc(Cl)cc1. The number of hydrogen-bond acceptors (Lipinski definition) is 4. The van der Waals surface area contributed by atoms with Crippen molar-refractivity contribution in [2.75, 3.05) is 11.8 Å². The Morgan fingerprint density at radius 2 is 1.86 bits per heavy atom. The predicted molar refractivity (Wildman–Crippen MR) is 81.2 cm³/mol. The number of ether oxygens (including phenoxy) is 1. The molecule has 2 aromatic rings. The third-order valence-electron chi connectivity index (χ3n) is 2.80. The number of hydrogen-bond donors (Lipinski definition) is 2. The van der Waals surface area contributed by atoms with Crippen molar-refractivity contribution < 1.29 is 18.3 Å². The van der Waals surface area contributed by atoms with E-state index in [0.717, 1.165) is 0 Å². The van der Waals surface area contributed by atoms with Crippen LogP contribution >= 0.6 is 11.6 Å². The lowest BCUT2D eigenvalue weighted by Crippen LogP contribution is -2.14. The molecular weight excluding hydrogens is 314 g/mol. The second-order valence-electron chi connectivity index (χ2n) is 4.26. The van der Waals surface area contributed by atoms with E-state index in [-0.39, 0.29) is 17.3 Å². The fourth-order valence-corrected chi connectivity index (χ4v) is 3.16. The lowest BCUT2D eigenvalue weighted by Gasteiger charge is -2.12. The Bertz CT molecular complexity index is 729. The summed E-state index contributed by atoms with van der Waals surface area (Å²) in [6.07, 6.45) is 0. The molecule has 0 aliphatic rings. The molecule has 0 atom stereocenters. The zero-order valence-electron chi connectivity index (χ0n) is 11.2. The maximum absolute atomic E-state index is 12.4. The molecule has 2 N–H and O–H groups in total. The van der Waals surface area contributed by atoms with Crippen LogP contribution in [-0.2, 0) is 16.6 Å².